The minimum Gasteiger partial charge on any atom is -0.494 e. The fourth-order valence-corrected chi connectivity index (χ4v) is 2.87. The fourth-order valence-electron chi connectivity index (χ4n) is 2.87. The Balaban J connectivity index is 1.87. The van der Waals surface area contributed by atoms with E-state index in [4.69, 9.17) is 19.9 Å². The van der Waals surface area contributed by atoms with Crippen LogP contribution in [0.2, 0.25) is 0 Å². The van der Waals surface area contributed by atoms with Crippen LogP contribution in [0.25, 0.3) is 0 Å². The lowest BCUT2D eigenvalue weighted by Crippen LogP contribution is -2.20. The molecule has 156 valence electrons. The van der Waals surface area contributed by atoms with Crippen molar-refractivity contribution in [3.05, 3.63) is 72.1 Å². The molecule has 0 aromatic heterocycles. The summed E-state index contributed by atoms with van der Waals surface area (Å²) in [5.74, 6) is 2.25. The molecule has 0 aliphatic heterocycles. The first-order chi connectivity index (χ1) is 14.6. The lowest BCUT2D eigenvalue weighted by molar-refractivity contribution is 0.250. The molecule has 0 radical (unpaired) electrons. The molecule has 2 aromatic rings. The number of nitrogens with zero attached hydrogens (tertiary/aromatic N) is 2. The third-order valence-corrected chi connectivity index (χ3v) is 4.20. The highest BCUT2D eigenvalue weighted by Gasteiger charge is 2.17. The molecule has 0 atom stereocenters. The summed E-state index contributed by atoms with van der Waals surface area (Å²) in [6.45, 7) is 7.60. The Morgan fingerprint density at radius 1 is 0.633 bits per heavy atom. The van der Waals surface area contributed by atoms with Gasteiger partial charge in [0.25, 0.3) is 0 Å². The molecule has 2 N–H and O–H groups in total. The fraction of sp³-hybridized carbons (Fsp3) is 0.250. The summed E-state index contributed by atoms with van der Waals surface area (Å²) in [7, 11) is 0. The maximum atomic E-state index is 6.28. The van der Waals surface area contributed by atoms with Crippen LogP contribution in [0.5, 0.6) is 11.5 Å². The van der Waals surface area contributed by atoms with Crippen molar-refractivity contribution in [2.75, 3.05) is 19.8 Å². The summed E-state index contributed by atoms with van der Waals surface area (Å²) in [6, 6.07) is 15.1. The number of hydrogen-bond donors (Lipinski definition) is 1. The molecule has 6 nitrogen and oxygen atoms in total. The number of hydrogen-bond acceptors (Lipinski definition) is 6. The summed E-state index contributed by atoms with van der Waals surface area (Å²) >= 11 is 0. The van der Waals surface area contributed by atoms with Crippen molar-refractivity contribution in [3.63, 3.8) is 0 Å². The van der Waals surface area contributed by atoms with Crippen molar-refractivity contribution >= 4 is 22.8 Å². The molecule has 3 rings (SSSR count). The summed E-state index contributed by atoms with van der Waals surface area (Å²) < 4.78 is 16.8. The van der Waals surface area contributed by atoms with Gasteiger partial charge in [-0.2, -0.15) is 0 Å². The van der Waals surface area contributed by atoms with Crippen molar-refractivity contribution in [1.29, 1.82) is 0 Å². The van der Waals surface area contributed by atoms with Gasteiger partial charge in [-0.3, -0.25) is 0 Å². The summed E-state index contributed by atoms with van der Waals surface area (Å²) in [5.41, 5.74) is 9.66. The monoisotopic (exact) mass is 405 g/mol. The summed E-state index contributed by atoms with van der Waals surface area (Å²) in [6.07, 6.45) is 3.61. The van der Waals surface area contributed by atoms with E-state index in [0.717, 1.165) is 22.9 Å². The van der Waals surface area contributed by atoms with Gasteiger partial charge < -0.3 is 19.9 Å². The highest BCUT2D eigenvalue weighted by atomic mass is 16.5. The average Bonchev–Trinajstić information content (AvgIpc) is 2.74. The van der Waals surface area contributed by atoms with E-state index in [1.807, 2.05) is 75.4 Å². The van der Waals surface area contributed by atoms with Gasteiger partial charge in [0.15, 0.2) is 0 Å². The molecule has 30 heavy (non-hydrogen) atoms. The smallest absolute Gasteiger partial charge is 0.147 e. The number of aliphatic imine (C=N–C) groups is 2. The highest BCUT2D eigenvalue weighted by Crippen LogP contribution is 2.24. The van der Waals surface area contributed by atoms with E-state index < -0.39 is 0 Å². The first-order valence-electron chi connectivity index (χ1n) is 10.1. The quantitative estimate of drug-likeness (QED) is 0.619. The molecule has 6 heteroatoms. The second kappa shape index (κ2) is 10.3. The molecule has 0 unspecified atom stereocenters. The Bertz CT molecular complexity index is 972. The molecule has 2 aromatic carbocycles. The largest absolute Gasteiger partial charge is 0.494 e. The molecule has 0 bridgehead atoms. The van der Waals surface area contributed by atoms with Gasteiger partial charge >= 0.3 is 0 Å². The van der Waals surface area contributed by atoms with Crippen LogP contribution in [0.1, 0.15) is 20.8 Å². The molecule has 0 amide bonds. The Labute approximate surface area is 177 Å². The molecule has 1 aliphatic carbocycles. The van der Waals surface area contributed by atoms with Gasteiger partial charge in [-0.1, -0.05) is 0 Å². The zero-order valence-corrected chi connectivity index (χ0v) is 17.6. The van der Waals surface area contributed by atoms with Crippen molar-refractivity contribution in [3.8, 4) is 11.5 Å². The molecular weight excluding hydrogens is 378 g/mol. The zero-order valence-electron chi connectivity index (χ0n) is 17.6. The van der Waals surface area contributed by atoms with Crippen molar-refractivity contribution < 1.29 is 14.2 Å². The Kier molecular flexibility index (Phi) is 7.27. The van der Waals surface area contributed by atoms with Crippen LogP contribution in [0.4, 0.5) is 11.4 Å². The van der Waals surface area contributed by atoms with Crippen LogP contribution in [-0.2, 0) is 4.74 Å². The van der Waals surface area contributed by atoms with Crippen molar-refractivity contribution in [2.45, 2.75) is 20.8 Å². The molecule has 0 saturated heterocycles. The molecule has 0 spiro atoms. The second-order valence-electron chi connectivity index (χ2n) is 6.39. The van der Waals surface area contributed by atoms with Gasteiger partial charge in [0.05, 0.1) is 42.6 Å². The number of nitrogens with two attached hydrogens (primary N) is 1. The number of allylic oxidation sites excluding steroid dienone is 2. The molecule has 0 saturated carbocycles. The SMILES string of the molecule is CCOC1=CC(=Nc2ccc(OCC)cc2)C(N)=CC1=Nc1ccc(OCC)cc1. The third-order valence-electron chi connectivity index (χ3n) is 4.20. The van der Waals surface area contributed by atoms with Crippen LogP contribution < -0.4 is 15.2 Å². The van der Waals surface area contributed by atoms with E-state index in [0.29, 0.717) is 42.7 Å². The maximum Gasteiger partial charge on any atom is 0.147 e. The van der Waals surface area contributed by atoms with E-state index in [1.165, 1.54) is 0 Å². The highest BCUT2D eigenvalue weighted by molar-refractivity contribution is 6.23. The van der Waals surface area contributed by atoms with E-state index in [1.54, 1.807) is 6.08 Å². The maximum absolute atomic E-state index is 6.28. The zero-order chi connectivity index (χ0) is 21.3. The minimum absolute atomic E-state index is 0.512. The average molecular weight is 405 g/mol. The van der Waals surface area contributed by atoms with Gasteiger partial charge in [0.2, 0.25) is 0 Å². The van der Waals surface area contributed by atoms with Gasteiger partial charge in [-0.15, -0.1) is 0 Å². The van der Waals surface area contributed by atoms with Gasteiger partial charge in [0, 0.05) is 6.08 Å². The van der Waals surface area contributed by atoms with Gasteiger partial charge in [0.1, 0.15) is 23.0 Å². The van der Waals surface area contributed by atoms with E-state index in [2.05, 4.69) is 9.98 Å². The lowest BCUT2D eigenvalue weighted by atomic mass is 10.1. The minimum atomic E-state index is 0.512. The van der Waals surface area contributed by atoms with Crippen LogP contribution in [-0.4, -0.2) is 31.2 Å². The predicted molar refractivity (Wildman–Crippen MR) is 121 cm³/mol. The van der Waals surface area contributed by atoms with Gasteiger partial charge in [-0.05, 0) is 75.4 Å². The number of benzene rings is 2. The first-order valence-corrected chi connectivity index (χ1v) is 10.1. The summed E-state index contributed by atoms with van der Waals surface area (Å²) in [5, 5.41) is 0. The van der Waals surface area contributed by atoms with E-state index in [-0.39, 0.29) is 0 Å². The molecule has 1 aliphatic rings. The Hall–Kier alpha value is -3.54. The third kappa shape index (κ3) is 5.50. The topological polar surface area (TPSA) is 78.4 Å². The Morgan fingerprint density at radius 3 is 1.57 bits per heavy atom. The van der Waals surface area contributed by atoms with Crippen molar-refractivity contribution in [1.82, 2.24) is 0 Å². The number of rotatable bonds is 8. The second-order valence-corrected chi connectivity index (χ2v) is 6.39. The van der Waals surface area contributed by atoms with Gasteiger partial charge in [-0.25, -0.2) is 9.98 Å². The van der Waals surface area contributed by atoms with E-state index in [9.17, 15) is 0 Å². The summed E-state index contributed by atoms with van der Waals surface area (Å²) in [4.78, 5) is 9.33. The first kappa shape index (κ1) is 21.2. The van der Waals surface area contributed by atoms with E-state index >= 15 is 0 Å². The van der Waals surface area contributed by atoms with Crippen LogP contribution in [0.3, 0.4) is 0 Å². The molecular formula is C24H27N3O3. The molecule has 0 fully saturated rings. The number of ether oxygens (including phenoxy) is 3. The normalized spacial score (nSPS) is 16.2. The predicted octanol–water partition coefficient (Wildman–Crippen LogP) is 5.11. The lowest BCUT2D eigenvalue weighted by Gasteiger charge is -2.16. The van der Waals surface area contributed by atoms with Crippen molar-refractivity contribution in [2.24, 2.45) is 15.7 Å². The van der Waals surface area contributed by atoms with Crippen LogP contribution in [0.15, 0.2) is 82.1 Å². The van der Waals surface area contributed by atoms with Crippen LogP contribution >= 0.6 is 0 Å². The standard InChI is InChI=1S/C24H27N3O3/c1-4-28-19-11-7-17(8-12-19)26-22-16-24(30-6-3)23(15-21(22)25)27-18-9-13-20(14-10-18)29-5-2/h7-16H,4-6,25H2,1-3H3. The van der Waals surface area contributed by atoms with Crippen LogP contribution in [0, 0.1) is 0 Å². The molecule has 0 heterocycles. The Morgan fingerprint density at radius 2 is 1.10 bits per heavy atom.